The lowest BCUT2D eigenvalue weighted by molar-refractivity contribution is -0.167. The molecule has 0 aromatic heterocycles. The van der Waals surface area contributed by atoms with Crippen LogP contribution >= 0.6 is 0 Å². The van der Waals surface area contributed by atoms with Crippen molar-refractivity contribution in [3.05, 3.63) is 182 Å². The highest BCUT2D eigenvalue weighted by molar-refractivity contribution is 5.71. The molecule has 0 saturated heterocycles. The van der Waals surface area contributed by atoms with Crippen LogP contribution in [0.3, 0.4) is 0 Å². The summed E-state index contributed by atoms with van der Waals surface area (Å²) in [6.07, 6.45) is 103. The molecule has 0 aromatic rings. The number of rotatable bonds is 58. The molecule has 0 N–H and O–H groups in total. The first kappa shape index (κ1) is 77.5. The Kier molecular flexibility index (Phi) is 64.4. The maximum Gasteiger partial charge on any atom is 0.306 e. The number of hydrogen-bond acceptors (Lipinski definition) is 6. The molecule has 0 aliphatic carbocycles. The molecule has 6 heteroatoms. The number of carbonyl (C=O) groups excluding carboxylic acids is 3. The van der Waals surface area contributed by atoms with E-state index in [4.69, 9.17) is 14.2 Å². The molecule has 0 fully saturated rings. The van der Waals surface area contributed by atoms with Gasteiger partial charge in [0, 0.05) is 19.3 Å². The molecule has 0 amide bonds. The number of allylic oxidation sites excluding steroid dienone is 30. The van der Waals surface area contributed by atoms with E-state index in [1.807, 2.05) is 0 Å². The first-order chi connectivity index (χ1) is 41.0. The van der Waals surface area contributed by atoms with Crippen molar-refractivity contribution in [3.8, 4) is 0 Å². The zero-order valence-electron chi connectivity index (χ0n) is 53.1. The van der Waals surface area contributed by atoms with Crippen LogP contribution in [0, 0.1) is 0 Å². The van der Waals surface area contributed by atoms with E-state index in [0.29, 0.717) is 19.3 Å². The smallest absolute Gasteiger partial charge is 0.306 e. The van der Waals surface area contributed by atoms with Crippen molar-refractivity contribution in [2.75, 3.05) is 13.2 Å². The van der Waals surface area contributed by atoms with E-state index in [2.05, 4.69) is 203 Å². The Balaban J connectivity index is 4.58. The van der Waals surface area contributed by atoms with Gasteiger partial charge in [0.05, 0.1) is 0 Å². The molecule has 0 saturated carbocycles. The zero-order chi connectivity index (χ0) is 59.9. The number of hydrogen-bond donors (Lipinski definition) is 0. The van der Waals surface area contributed by atoms with Crippen LogP contribution < -0.4 is 0 Å². The van der Waals surface area contributed by atoms with Crippen molar-refractivity contribution in [3.63, 3.8) is 0 Å². The molecule has 0 bridgehead atoms. The molecule has 0 rings (SSSR count). The van der Waals surface area contributed by atoms with E-state index in [9.17, 15) is 14.4 Å². The normalized spacial score (nSPS) is 13.3. The fraction of sp³-hybridized carbons (Fsp3) is 0.571. The lowest BCUT2D eigenvalue weighted by atomic mass is 10.0. The standard InChI is InChI=1S/C77H120O6/c1-4-7-10-13-16-19-22-25-28-30-32-34-36-37-38-39-41-42-44-46-49-52-55-58-61-64-67-70-76(79)82-73-74(72-81-75(78)69-66-63-60-57-54-51-48-27-24-21-18-15-12-9-6-3)83-77(80)71-68-65-62-59-56-53-50-47-45-43-40-35-33-31-29-26-23-20-17-14-11-8-5-2/h7-8,10-11,16-17,19-20,25-26,28-29,32-35,37-38,41-43,45-46,49-50,53,55,58-59,62,74H,4-6,9,12-15,18,21-24,27,30-31,36,39-40,44,47-48,51-52,54,56-57,60-61,63-73H2,1-3H3/b10-7-,11-8-,19-16-,20-17-,28-25-,29-26-,34-32-,35-33-,38-37-,42-41-,45-43-,49-46-,53-50-,58-55-,62-59-. The zero-order valence-corrected chi connectivity index (χ0v) is 53.1. The minimum atomic E-state index is -0.838. The van der Waals surface area contributed by atoms with Crippen molar-refractivity contribution < 1.29 is 28.6 Å². The molecule has 0 aliphatic rings. The van der Waals surface area contributed by atoms with Crippen molar-refractivity contribution in [2.24, 2.45) is 0 Å². The van der Waals surface area contributed by atoms with Crippen LogP contribution in [-0.2, 0) is 28.6 Å². The van der Waals surface area contributed by atoms with Gasteiger partial charge in [-0.15, -0.1) is 0 Å². The monoisotopic (exact) mass is 1140 g/mol. The number of carbonyl (C=O) groups is 3. The van der Waals surface area contributed by atoms with Gasteiger partial charge in [-0.25, -0.2) is 0 Å². The Morgan fingerprint density at radius 1 is 0.253 bits per heavy atom. The Hall–Kier alpha value is -5.49. The molecule has 0 radical (unpaired) electrons. The van der Waals surface area contributed by atoms with Crippen LogP contribution in [0.4, 0.5) is 0 Å². The third-order valence-corrected chi connectivity index (χ3v) is 13.4. The van der Waals surface area contributed by atoms with Gasteiger partial charge in [-0.1, -0.05) is 293 Å². The van der Waals surface area contributed by atoms with Gasteiger partial charge in [-0.05, 0) is 135 Å². The molecular weight excluding hydrogens is 1020 g/mol. The van der Waals surface area contributed by atoms with Gasteiger partial charge >= 0.3 is 17.9 Å². The predicted molar refractivity (Wildman–Crippen MR) is 361 cm³/mol. The van der Waals surface area contributed by atoms with Crippen LogP contribution in [0.1, 0.15) is 265 Å². The molecule has 0 spiro atoms. The second-order valence-electron chi connectivity index (χ2n) is 21.3. The highest BCUT2D eigenvalue weighted by Crippen LogP contribution is 2.15. The van der Waals surface area contributed by atoms with E-state index >= 15 is 0 Å². The van der Waals surface area contributed by atoms with Crippen LogP contribution in [0.15, 0.2) is 182 Å². The SMILES string of the molecule is CC/C=C\C/C=C\C/C=C\C/C=C\C/C=C\C/C=C\C/C=C\C/C=C\CCCCC(=O)OCC(COC(=O)CCCCCCCCCCCCCCCCC)OC(=O)CCC/C=C\C/C=C\C/C=C\C/C=C\C/C=C\C/C=C\C/C=C\CC. The summed E-state index contributed by atoms with van der Waals surface area (Å²) in [5.74, 6) is -1.03. The van der Waals surface area contributed by atoms with E-state index in [-0.39, 0.29) is 44.0 Å². The van der Waals surface area contributed by atoms with Gasteiger partial charge in [0.1, 0.15) is 13.2 Å². The van der Waals surface area contributed by atoms with Gasteiger partial charge in [0.15, 0.2) is 6.10 Å². The van der Waals surface area contributed by atoms with Crippen molar-refractivity contribution in [2.45, 2.75) is 271 Å². The van der Waals surface area contributed by atoms with Gasteiger partial charge in [0.25, 0.3) is 0 Å². The molecule has 83 heavy (non-hydrogen) atoms. The summed E-state index contributed by atoms with van der Waals surface area (Å²) < 4.78 is 16.9. The third kappa shape index (κ3) is 67.2. The minimum absolute atomic E-state index is 0.122. The summed E-state index contributed by atoms with van der Waals surface area (Å²) in [4.78, 5) is 38.4. The number of esters is 3. The molecule has 0 aromatic carbocycles. The highest BCUT2D eigenvalue weighted by atomic mass is 16.6. The molecule has 0 heterocycles. The van der Waals surface area contributed by atoms with E-state index in [1.165, 1.54) is 77.0 Å². The Labute approximate surface area is 510 Å². The van der Waals surface area contributed by atoms with Crippen molar-refractivity contribution in [1.29, 1.82) is 0 Å². The van der Waals surface area contributed by atoms with E-state index in [1.54, 1.807) is 0 Å². The molecular formula is C77H120O6. The van der Waals surface area contributed by atoms with Gasteiger partial charge < -0.3 is 14.2 Å². The van der Waals surface area contributed by atoms with E-state index in [0.717, 1.165) is 135 Å². The Morgan fingerprint density at radius 2 is 0.482 bits per heavy atom. The van der Waals surface area contributed by atoms with Gasteiger partial charge in [-0.2, -0.15) is 0 Å². The number of ether oxygens (including phenoxy) is 3. The predicted octanol–water partition coefficient (Wildman–Crippen LogP) is 23.2. The number of unbranched alkanes of at least 4 members (excludes halogenated alkanes) is 17. The van der Waals surface area contributed by atoms with E-state index < -0.39 is 6.10 Å². The van der Waals surface area contributed by atoms with Crippen LogP contribution in [0.2, 0.25) is 0 Å². The maximum atomic E-state index is 12.9. The van der Waals surface area contributed by atoms with Gasteiger partial charge in [-0.3, -0.25) is 14.4 Å². The summed E-state index contributed by atoms with van der Waals surface area (Å²) in [6, 6.07) is 0. The summed E-state index contributed by atoms with van der Waals surface area (Å²) in [7, 11) is 0. The fourth-order valence-electron chi connectivity index (χ4n) is 8.51. The second-order valence-corrected chi connectivity index (χ2v) is 21.3. The summed E-state index contributed by atoms with van der Waals surface area (Å²) >= 11 is 0. The maximum absolute atomic E-state index is 12.9. The largest absolute Gasteiger partial charge is 0.462 e. The summed E-state index contributed by atoms with van der Waals surface area (Å²) in [5, 5.41) is 0. The second kappa shape index (κ2) is 69.0. The molecule has 0 aliphatic heterocycles. The average Bonchev–Trinajstić information content (AvgIpc) is 3.49. The van der Waals surface area contributed by atoms with Crippen molar-refractivity contribution in [1.82, 2.24) is 0 Å². The summed E-state index contributed by atoms with van der Waals surface area (Å²) in [6.45, 7) is 6.33. The average molecular weight is 1140 g/mol. The molecule has 1 atom stereocenters. The highest BCUT2D eigenvalue weighted by Gasteiger charge is 2.19. The lowest BCUT2D eigenvalue weighted by Crippen LogP contribution is -2.30. The van der Waals surface area contributed by atoms with Crippen LogP contribution in [0.25, 0.3) is 0 Å². The molecule has 1 unspecified atom stereocenters. The van der Waals surface area contributed by atoms with Crippen LogP contribution in [-0.4, -0.2) is 37.2 Å². The minimum Gasteiger partial charge on any atom is -0.462 e. The topological polar surface area (TPSA) is 78.9 Å². The lowest BCUT2D eigenvalue weighted by Gasteiger charge is -2.18. The summed E-state index contributed by atoms with van der Waals surface area (Å²) in [5.41, 5.74) is 0. The third-order valence-electron chi connectivity index (χ3n) is 13.4. The first-order valence-electron chi connectivity index (χ1n) is 33.3. The Bertz CT molecular complexity index is 1940. The Morgan fingerprint density at radius 3 is 0.771 bits per heavy atom. The quantitative estimate of drug-likeness (QED) is 0.0261. The first-order valence-corrected chi connectivity index (χ1v) is 33.3. The van der Waals surface area contributed by atoms with Crippen LogP contribution in [0.5, 0.6) is 0 Å². The van der Waals surface area contributed by atoms with Gasteiger partial charge in [0.2, 0.25) is 0 Å². The molecule has 6 nitrogen and oxygen atoms in total. The fourth-order valence-corrected chi connectivity index (χ4v) is 8.51. The van der Waals surface area contributed by atoms with Crippen molar-refractivity contribution >= 4 is 17.9 Å². The molecule has 464 valence electrons.